The molecule has 1 fully saturated rings. The standard InChI is InChI=1S/C19H22N6O/c1-12-8-13(2)17-15(10-14(3)22-16(17)9-12)18(26)24-4-6-25(7-5-24)19-20-11-21-23-19/h8-11H,4-7H2,1-3H3,(H,20,21,23). The molecular weight excluding hydrogens is 328 g/mol. The van der Waals surface area contributed by atoms with E-state index in [2.05, 4.69) is 38.1 Å². The molecule has 7 nitrogen and oxygen atoms in total. The largest absolute Gasteiger partial charge is 0.338 e. The van der Waals surface area contributed by atoms with Crippen LogP contribution in [0.3, 0.4) is 0 Å². The van der Waals surface area contributed by atoms with Crippen molar-refractivity contribution < 1.29 is 4.79 Å². The number of fused-ring (bicyclic) bond motifs is 1. The number of amides is 1. The van der Waals surface area contributed by atoms with E-state index in [1.54, 1.807) is 0 Å². The number of anilines is 1. The van der Waals surface area contributed by atoms with Crippen LogP contribution in [0.2, 0.25) is 0 Å². The molecule has 134 valence electrons. The molecule has 0 radical (unpaired) electrons. The van der Waals surface area contributed by atoms with Gasteiger partial charge in [-0.2, -0.15) is 10.1 Å². The first-order chi connectivity index (χ1) is 12.5. The van der Waals surface area contributed by atoms with Gasteiger partial charge < -0.3 is 9.80 Å². The zero-order chi connectivity index (χ0) is 18.3. The summed E-state index contributed by atoms with van der Waals surface area (Å²) >= 11 is 0. The van der Waals surface area contributed by atoms with Gasteiger partial charge in [-0.3, -0.25) is 9.78 Å². The minimum atomic E-state index is 0.0738. The fourth-order valence-electron chi connectivity index (χ4n) is 3.70. The Morgan fingerprint density at radius 3 is 2.54 bits per heavy atom. The molecule has 1 N–H and O–H groups in total. The number of aromatic nitrogens is 4. The quantitative estimate of drug-likeness (QED) is 0.767. The molecule has 3 aromatic rings. The summed E-state index contributed by atoms with van der Waals surface area (Å²) in [4.78, 5) is 26.1. The van der Waals surface area contributed by atoms with Crippen molar-refractivity contribution in [3.63, 3.8) is 0 Å². The van der Waals surface area contributed by atoms with E-state index >= 15 is 0 Å². The number of benzene rings is 1. The van der Waals surface area contributed by atoms with Crippen LogP contribution in [0.4, 0.5) is 5.95 Å². The maximum absolute atomic E-state index is 13.2. The van der Waals surface area contributed by atoms with E-state index in [0.717, 1.165) is 52.3 Å². The molecule has 26 heavy (non-hydrogen) atoms. The summed E-state index contributed by atoms with van der Waals surface area (Å²) in [7, 11) is 0. The lowest BCUT2D eigenvalue weighted by Gasteiger charge is -2.34. The summed E-state index contributed by atoms with van der Waals surface area (Å²) in [6.45, 7) is 8.84. The Kier molecular flexibility index (Phi) is 4.06. The van der Waals surface area contributed by atoms with Crippen LogP contribution in [-0.2, 0) is 0 Å². The number of piperazine rings is 1. The number of nitrogens with zero attached hydrogens (tertiary/aromatic N) is 5. The van der Waals surface area contributed by atoms with Crippen molar-refractivity contribution in [1.29, 1.82) is 0 Å². The Bertz CT molecular complexity index is 953. The lowest BCUT2D eigenvalue weighted by atomic mass is 9.99. The highest BCUT2D eigenvalue weighted by atomic mass is 16.2. The zero-order valence-corrected chi connectivity index (χ0v) is 15.3. The van der Waals surface area contributed by atoms with Gasteiger partial charge in [-0.15, -0.1) is 0 Å². The van der Waals surface area contributed by atoms with Gasteiger partial charge in [0.25, 0.3) is 5.91 Å². The predicted molar refractivity (Wildman–Crippen MR) is 100 cm³/mol. The second-order valence-corrected chi connectivity index (χ2v) is 6.88. The molecule has 0 bridgehead atoms. The molecule has 3 heterocycles. The second-order valence-electron chi connectivity index (χ2n) is 6.88. The Labute approximate surface area is 152 Å². The Balaban J connectivity index is 1.63. The van der Waals surface area contributed by atoms with E-state index < -0.39 is 0 Å². The highest BCUT2D eigenvalue weighted by Gasteiger charge is 2.25. The zero-order valence-electron chi connectivity index (χ0n) is 15.3. The van der Waals surface area contributed by atoms with Crippen LogP contribution in [0.15, 0.2) is 24.5 Å². The van der Waals surface area contributed by atoms with Crippen molar-refractivity contribution in [2.45, 2.75) is 20.8 Å². The third-order valence-corrected chi connectivity index (χ3v) is 4.88. The number of H-pyrrole nitrogens is 1. The molecule has 0 atom stereocenters. The van der Waals surface area contributed by atoms with E-state index in [1.165, 1.54) is 6.33 Å². The SMILES string of the molecule is Cc1cc(C)c2c(C(=O)N3CCN(c4ncn[nH]4)CC3)cc(C)nc2c1. The Hall–Kier alpha value is -2.96. The summed E-state index contributed by atoms with van der Waals surface area (Å²) in [5.41, 5.74) is 4.76. The summed E-state index contributed by atoms with van der Waals surface area (Å²) in [5, 5.41) is 7.74. The van der Waals surface area contributed by atoms with Gasteiger partial charge in [-0.25, -0.2) is 5.10 Å². The molecule has 1 aliphatic heterocycles. The molecule has 7 heteroatoms. The van der Waals surface area contributed by atoms with Crippen LogP contribution in [-0.4, -0.2) is 57.2 Å². The first-order valence-corrected chi connectivity index (χ1v) is 8.81. The van der Waals surface area contributed by atoms with Crippen LogP contribution in [0.5, 0.6) is 0 Å². The topological polar surface area (TPSA) is 78.0 Å². The fourth-order valence-corrected chi connectivity index (χ4v) is 3.70. The van der Waals surface area contributed by atoms with E-state index in [-0.39, 0.29) is 5.91 Å². The average Bonchev–Trinajstić information content (AvgIpc) is 3.14. The number of hydrogen-bond donors (Lipinski definition) is 1. The smallest absolute Gasteiger partial charge is 0.254 e. The molecule has 1 amide bonds. The number of aromatic amines is 1. The predicted octanol–water partition coefficient (Wildman–Crippen LogP) is 2.24. The summed E-state index contributed by atoms with van der Waals surface area (Å²) in [6, 6.07) is 6.07. The van der Waals surface area contributed by atoms with Crippen molar-refractivity contribution in [3.8, 4) is 0 Å². The number of carbonyl (C=O) groups excluding carboxylic acids is 1. The first-order valence-electron chi connectivity index (χ1n) is 8.81. The lowest BCUT2D eigenvalue weighted by molar-refractivity contribution is 0.0748. The second kappa shape index (κ2) is 6.40. The fraction of sp³-hybridized carbons (Fsp3) is 0.368. The van der Waals surface area contributed by atoms with Crippen LogP contribution >= 0.6 is 0 Å². The molecule has 1 saturated heterocycles. The van der Waals surface area contributed by atoms with Crippen molar-refractivity contribution in [2.24, 2.45) is 0 Å². The third-order valence-electron chi connectivity index (χ3n) is 4.88. The van der Waals surface area contributed by atoms with Crippen LogP contribution in [0, 0.1) is 20.8 Å². The van der Waals surface area contributed by atoms with Crippen LogP contribution < -0.4 is 4.90 Å². The van der Waals surface area contributed by atoms with Gasteiger partial charge in [-0.1, -0.05) is 6.07 Å². The Morgan fingerprint density at radius 2 is 1.85 bits per heavy atom. The van der Waals surface area contributed by atoms with Gasteiger partial charge in [0.2, 0.25) is 5.95 Å². The maximum Gasteiger partial charge on any atom is 0.254 e. The number of nitrogens with one attached hydrogen (secondary N) is 1. The molecular formula is C19H22N6O. The number of pyridine rings is 1. The summed E-state index contributed by atoms with van der Waals surface area (Å²) in [5.74, 6) is 0.832. The maximum atomic E-state index is 13.2. The lowest BCUT2D eigenvalue weighted by Crippen LogP contribution is -2.49. The van der Waals surface area contributed by atoms with Crippen LogP contribution in [0.25, 0.3) is 10.9 Å². The number of carbonyl (C=O) groups is 1. The van der Waals surface area contributed by atoms with Gasteiger partial charge in [0.1, 0.15) is 6.33 Å². The molecule has 0 aliphatic carbocycles. The van der Waals surface area contributed by atoms with E-state index in [0.29, 0.717) is 13.1 Å². The van der Waals surface area contributed by atoms with Crippen LogP contribution in [0.1, 0.15) is 27.2 Å². The molecule has 0 unspecified atom stereocenters. The molecule has 4 rings (SSSR count). The normalized spacial score (nSPS) is 14.9. The minimum Gasteiger partial charge on any atom is -0.338 e. The van der Waals surface area contributed by atoms with E-state index in [1.807, 2.05) is 30.9 Å². The monoisotopic (exact) mass is 350 g/mol. The number of hydrogen-bond acceptors (Lipinski definition) is 5. The van der Waals surface area contributed by atoms with Crippen molar-refractivity contribution in [1.82, 2.24) is 25.1 Å². The molecule has 0 saturated carbocycles. The van der Waals surface area contributed by atoms with Gasteiger partial charge in [0.05, 0.1) is 11.1 Å². The highest BCUT2D eigenvalue weighted by molar-refractivity contribution is 6.07. The van der Waals surface area contributed by atoms with Crippen molar-refractivity contribution in [2.75, 3.05) is 31.1 Å². The van der Waals surface area contributed by atoms with Gasteiger partial charge in [0, 0.05) is 37.3 Å². The Morgan fingerprint density at radius 1 is 1.08 bits per heavy atom. The van der Waals surface area contributed by atoms with E-state index in [4.69, 9.17) is 0 Å². The number of aryl methyl sites for hydroxylation is 3. The molecule has 2 aromatic heterocycles. The van der Waals surface area contributed by atoms with E-state index in [9.17, 15) is 4.79 Å². The van der Waals surface area contributed by atoms with Gasteiger partial charge in [-0.05, 0) is 44.0 Å². The summed E-state index contributed by atoms with van der Waals surface area (Å²) < 4.78 is 0. The molecule has 1 aliphatic rings. The van der Waals surface area contributed by atoms with Crippen molar-refractivity contribution >= 4 is 22.8 Å². The first kappa shape index (κ1) is 16.5. The third kappa shape index (κ3) is 2.89. The summed E-state index contributed by atoms with van der Waals surface area (Å²) in [6.07, 6.45) is 1.50. The minimum absolute atomic E-state index is 0.0738. The number of rotatable bonds is 2. The molecule has 1 aromatic carbocycles. The molecule has 0 spiro atoms. The van der Waals surface area contributed by atoms with Crippen molar-refractivity contribution in [3.05, 3.63) is 46.9 Å². The average molecular weight is 350 g/mol. The van der Waals surface area contributed by atoms with Gasteiger partial charge >= 0.3 is 0 Å². The highest BCUT2D eigenvalue weighted by Crippen LogP contribution is 2.25. The van der Waals surface area contributed by atoms with Gasteiger partial charge in [0.15, 0.2) is 0 Å².